The van der Waals surface area contributed by atoms with E-state index in [1.54, 1.807) is 0 Å². The minimum atomic E-state index is -0.0554. The lowest BCUT2D eigenvalue weighted by atomic mass is 9.57. The Kier molecular flexibility index (Phi) is 8.89. The van der Waals surface area contributed by atoms with Gasteiger partial charge in [-0.3, -0.25) is 0 Å². The van der Waals surface area contributed by atoms with E-state index in [1.807, 2.05) is 87.4 Å². The Morgan fingerprint density at radius 3 is 0.971 bits per heavy atom. The Balaban J connectivity index is 1.34. The van der Waals surface area contributed by atoms with Gasteiger partial charge in [0.2, 0.25) is 0 Å². The predicted molar refractivity (Wildman–Crippen MR) is 151 cm³/mol. The predicted octanol–water partition coefficient (Wildman–Crippen LogP) is 7.24. The molecule has 170 valence electrons. The molecule has 4 aromatic rings. The van der Waals surface area contributed by atoms with Crippen molar-refractivity contribution in [1.82, 2.24) is 0 Å². The molecule has 0 aliphatic rings. The molecule has 0 spiro atoms. The lowest BCUT2D eigenvalue weighted by Crippen LogP contribution is -2.21. The Morgan fingerprint density at radius 1 is 0.457 bits per heavy atom. The molecule has 2 radical (unpaired) electrons. The van der Waals surface area contributed by atoms with E-state index in [-0.39, 0.29) is 11.8 Å². The number of rotatable bonds is 12. The zero-order valence-corrected chi connectivity index (χ0v) is 20.0. The molecular formula is C31H30B2N2. The molecule has 35 heavy (non-hydrogen) atoms. The van der Waals surface area contributed by atoms with E-state index in [0.717, 1.165) is 41.3 Å². The van der Waals surface area contributed by atoms with Crippen molar-refractivity contribution >= 4 is 25.8 Å². The van der Waals surface area contributed by atoms with Crippen LogP contribution in [0.4, 0.5) is 0 Å². The van der Waals surface area contributed by atoms with Crippen LogP contribution in [0, 0.1) is 10.8 Å². The topological polar surface area (TPSA) is 47.7 Å². The van der Waals surface area contributed by atoms with Gasteiger partial charge in [-0.15, -0.1) is 0 Å². The Hall–Kier alpha value is -3.65. The van der Waals surface area contributed by atoms with Gasteiger partial charge in [-0.1, -0.05) is 140 Å². The van der Waals surface area contributed by atoms with E-state index in [0.29, 0.717) is 11.2 Å². The molecule has 4 aromatic carbocycles. The summed E-state index contributed by atoms with van der Waals surface area (Å²) >= 11 is 0. The first kappa shape index (κ1) is 24.5. The zero-order chi connectivity index (χ0) is 24.3. The molecule has 2 N–H and O–H groups in total. The molecule has 0 saturated carbocycles. The first-order chi connectivity index (χ1) is 17.2. The minimum absolute atomic E-state index is 0.0554. The summed E-state index contributed by atoms with van der Waals surface area (Å²) in [6.45, 7) is 0. The van der Waals surface area contributed by atoms with Gasteiger partial charge in [0.15, 0.2) is 14.6 Å². The van der Waals surface area contributed by atoms with Crippen LogP contribution >= 0.6 is 0 Å². The fourth-order valence-corrected chi connectivity index (χ4v) is 4.55. The van der Waals surface area contributed by atoms with Crippen molar-refractivity contribution in [1.29, 1.82) is 10.8 Å². The highest BCUT2D eigenvalue weighted by Gasteiger charge is 2.21. The summed E-state index contributed by atoms with van der Waals surface area (Å²) in [6.07, 6.45) is 2.55. The van der Waals surface area contributed by atoms with Crippen molar-refractivity contribution in [2.75, 3.05) is 0 Å². The summed E-state index contributed by atoms with van der Waals surface area (Å²) in [6, 6.07) is 41.2. The molecular weight excluding hydrogens is 422 g/mol. The summed E-state index contributed by atoms with van der Waals surface area (Å²) in [5, 5.41) is 17.7. The van der Waals surface area contributed by atoms with E-state index in [9.17, 15) is 0 Å². The molecule has 0 bridgehead atoms. The molecule has 0 unspecified atom stereocenters. The summed E-state index contributed by atoms with van der Waals surface area (Å²) in [4.78, 5) is 0. The van der Waals surface area contributed by atoms with Crippen LogP contribution in [-0.2, 0) is 0 Å². The van der Waals surface area contributed by atoms with Gasteiger partial charge in [-0.05, 0) is 33.5 Å². The van der Waals surface area contributed by atoms with Crippen molar-refractivity contribution in [2.45, 2.75) is 30.9 Å². The van der Waals surface area contributed by atoms with Crippen LogP contribution in [0.25, 0.3) is 0 Å². The zero-order valence-electron chi connectivity index (χ0n) is 20.0. The fourth-order valence-electron chi connectivity index (χ4n) is 4.55. The van der Waals surface area contributed by atoms with Crippen LogP contribution < -0.4 is 0 Å². The summed E-state index contributed by atoms with van der Waals surface area (Å²) in [5.41, 5.74) is 5.82. The largest absolute Gasteiger partial charge is 0.319 e. The van der Waals surface area contributed by atoms with Gasteiger partial charge in [0.25, 0.3) is 0 Å². The second-order valence-electron chi connectivity index (χ2n) is 8.76. The quantitative estimate of drug-likeness (QED) is 0.129. The van der Waals surface area contributed by atoms with E-state index < -0.39 is 0 Å². The third-order valence-electron chi connectivity index (χ3n) is 6.29. The number of nitrogens with one attached hydrogen (secondary N) is 2. The third kappa shape index (κ3) is 6.70. The summed E-state index contributed by atoms with van der Waals surface area (Å²) < 4.78 is 0. The molecule has 0 atom stereocenters. The number of benzene rings is 4. The van der Waals surface area contributed by atoms with E-state index in [2.05, 4.69) is 48.5 Å². The molecule has 0 aliphatic carbocycles. The Labute approximate surface area is 211 Å². The smallest absolute Gasteiger partial charge is 0.172 e. The second kappa shape index (κ2) is 12.7. The van der Waals surface area contributed by atoms with Crippen molar-refractivity contribution in [3.63, 3.8) is 0 Å². The third-order valence-corrected chi connectivity index (χ3v) is 6.29. The number of hydrogen-bond acceptors (Lipinski definition) is 2. The maximum Gasteiger partial charge on any atom is 0.172 e. The highest BCUT2D eigenvalue weighted by atomic mass is 14.4. The van der Waals surface area contributed by atoms with Crippen LogP contribution in [0.5, 0.6) is 0 Å². The SMILES string of the molecule is N=C([B]CCC[B]C(=N)C(c1ccccc1)c1ccccc1)C(c1ccccc1)c1ccccc1. The Morgan fingerprint density at radius 2 is 0.714 bits per heavy atom. The molecule has 2 nitrogen and oxygen atoms in total. The fraction of sp³-hybridized carbons (Fsp3) is 0.161. The lowest BCUT2D eigenvalue weighted by Gasteiger charge is -2.20. The number of hydrogen-bond donors (Lipinski definition) is 2. The van der Waals surface area contributed by atoms with Crippen molar-refractivity contribution in [2.24, 2.45) is 0 Å². The van der Waals surface area contributed by atoms with Gasteiger partial charge < -0.3 is 10.8 Å². The maximum absolute atomic E-state index is 8.83. The van der Waals surface area contributed by atoms with Crippen LogP contribution in [-0.4, -0.2) is 25.8 Å². The molecule has 0 amide bonds. The van der Waals surface area contributed by atoms with Gasteiger partial charge in [0, 0.05) is 11.8 Å². The molecule has 0 heterocycles. The van der Waals surface area contributed by atoms with E-state index in [1.165, 1.54) is 0 Å². The van der Waals surface area contributed by atoms with Gasteiger partial charge in [0.1, 0.15) is 0 Å². The molecule has 0 saturated heterocycles. The standard InChI is InChI=1S/C31H30B2N2/c34-30(28(24-14-5-1-6-15-24)25-16-7-2-8-17-25)32-22-13-23-33-31(35)29(26-18-9-3-10-19-26)27-20-11-4-12-21-27/h1-12,14-21,28-29,34-35H,13,22-23H2. The monoisotopic (exact) mass is 452 g/mol. The lowest BCUT2D eigenvalue weighted by molar-refractivity contribution is 1.04. The van der Waals surface area contributed by atoms with E-state index in [4.69, 9.17) is 10.8 Å². The van der Waals surface area contributed by atoms with Crippen LogP contribution in [0.1, 0.15) is 40.5 Å². The first-order valence-electron chi connectivity index (χ1n) is 12.3. The van der Waals surface area contributed by atoms with Crippen LogP contribution in [0.3, 0.4) is 0 Å². The van der Waals surface area contributed by atoms with Crippen molar-refractivity contribution in [3.05, 3.63) is 144 Å². The van der Waals surface area contributed by atoms with Gasteiger partial charge in [-0.25, -0.2) is 0 Å². The normalized spacial score (nSPS) is 10.8. The maximum atomic E-state index is 8.83. The van der Waals surface area contributed by atoms with Crippen LogP contribution in [0.15, 0.2) is 121 Å². The highest BCUT2D eigenvalue weighted by Crippen LogP contribution is 2.27. The van der Waals surface area contributed by atoms with Gasteiger partial charge >= 0.3 is 0 Å². The van der Waals surface area contributed by atoms with Gasteiger partial charge in [0.05, 0.1) is 0 Å². The van der Waals surface area contributed by atoms with E-state index >= 15 is 0 Å². The van der Waals surface area contributed by atoms with Gasteiger partial charge in [-0.2, -0.15) is 0 Å². The van der Waals surface area contributed by atoms with Crippen LogP contribution in [0.2, 0.25) is 12.6 Å². The molecule has 0 aromatic heterocycles. The average Bonchev–Trinajstić information content (AvgIpc) is 2.91. The minimum Gasteiger partial charge on any atom is -0.319 e. The molecule has 4 heteroatoms. The summed E-state index contributed by atoms with van der Waals surface area (Å²) in [5.74, 6) is -0.111. The average molecular weight is 452 g/mol. The van der Waals surface area contributed by atoms with Crippen molar-refractivity contribution in [3.8, 4) is 0 Å². The molecule has 4 rings (SSSR count). The second-order valence-corrected chi connectivity index (χ2v) is 8.76. The highest BCUT2D eigenvalue weighted by molar-refractivity contribution is 6.77. The first-order valence-corrected chi connectivity index (χ1v) is 12.3. The molecule has 0 fully saturated rings. The summed E-state index contributed by atoms with van der Waals surface area (Å²) in [7, 11) is 4.10. The molecule has 0 aliphatic heterocycles. The van der Waals surface area contributed by atoms with Crippen molar-refractivity contribution < 1.29 is 0 Å². The Bertz CT molecular complexity index is 1020.